The van der Waals surface area contributed by atoms with Gasteiger partial charge in [0.2, 0.25) is 15.9 Å². The van der Waals surface area contributed by atoms with Crippen molar-refractivity contribution < 1.29 is 22.7 Å². The Labute approximate surface area is 175 Å². The third kappa shape index (κ3) is 4.34. The van der Waals surface area contributed by atoms with E-state index in [1.165, 1.54) is 36.7 Å². The number of nitrogens with zero attached hydrogens (tertiary/aromatic N) is 1. The van der Waals surface area contributed by atoms with Gasteiger partial charge in [0.05, 0.1) is 19.1 Å². The predicted octanol–water partition coefficient (Wildman–Crippen LogP) is 3.46. The maximum atomic E-state index is 13.2. The number of ether oxygens (including phenoxy) is 2. The van der Waals surface area contributed by atoms with Gasteiger partial charge in [0, 0.05) is 23.3 Å². The molecule has 1 aliphatic heterocycles. The summed E-state index contributed by atoms with van der Waals surface area (Å²) in [7, 11) is -0.973. The van der Waals surface area contributed by atoms with E-state index in [1.807, 2.05) is 6.92 Å². The van der Waals surface area contributed by atoms with Gasteiger partial charge < -0.3 is 14.8 Å². The van der Waals surface area contributed by atoms with Crippen LogP contribution in [0.2, 0.25) is 5.02 Å². The van der Waals surface area contributed by atoms with Crippen molar-refractivity contribution in [2.75, 3.05) is 26.1 Å². The number of hydrogen-bond acceptors (Lipinski definition) is 5. The van der Waals surface area contributed by atoms with Gasteiger partial charge in [-0.15, -0.1) is 0 Å². The first kappa shape index (κ1) is 21.4. The van der Waals surface area contributed by atoms with Crippen molar-refractivity contribution in [2.24, 2.45) is 0 Å². The van der Waals surface area contributed by atoms with Gasteiger partial charge in [-0.3, -0.25) is 4.79 Å². The van der Waals surface area contributed by atoms with Crippen molar-refractivity contribution in [3.63, 3.8) is 0 Å². The molecule has 1 N–H and O–H groups in total. The zero-order chi connectivity index (χ0) is 21.2. The van der Waals surface area contributed by atoms with E-state index in [0.29, 0.717) is 35.1 Å². The molecular formula is C20H23ClN2O5S. The summed E-state index contributed by atoms with van der Waals surface area (Å²) in [5.41, 5.74) is 1.42. The van der Waals surface area contributed by atoms with Gasteiger partial charge in [-0.2, -0.15) is 4.31 Å². The molecule has 0 aromatic heterocycles. The van der Waals surface area contributed by atoms with Crippen LogP contribution in [0.1, 0.15) is 18.4 Å². The largest absolute Gasteiger partial charge is 0.493 e. The second kappa shape index (κ2) is 8.61. The first-order valence-electron chi connectivity index (χ1n) is 9.09. The molecule has 7 nitrogen and oxygen atoms in total. The molecule has 1 atom stereocenters. The number of sulfonamides is 1. The summed E-state index contributed by atoms with van der Waals surface area (Å²) in [6.07, 6.45) is 1.04. The van der Waals surface area contributed by atoms with Crippen molar-refractivity contribution >= 4 is 33.2 Å². The van der Waals surface area contributed by atoms with Crippen molar-refractivity contribution in [3.8, 4) is 11.5 Å². The van der Waals surface area contributed by atoms with Gasteiger partial charge >= 0.3 is 0 Å². The highest BCUT2D eigenvalue weighted by Gasteiger charge is 2.39. The summed E-state index contributed by atoms with van der Waals surface area (Å²) in [6, 6.07) is 8.77. The van der Waals surface area contributed by atoms with Crippen molar-refractivity contribution in [3.05, 3.63) is 47.0 Å². The highest BCUT2D eigenvalue weighted by atomic mass is 35.5. The predicted molar refractivity (Wildman–Crippen MR) is 111 cm³/mol. The summed E-state index contributed by atoms with van der Waals surface area (Å²) in [5.74, 6) is 0.355. The molecule has 3 rings (SSSR count). The summed E-state index contributed by atoms with van der Waals surface area (Å²) < 4.78 is 38.0. The number of amides is 1. The van der Waals surface area contributed by atoms with Gasteiger partial charge in [-0.05, 0) is 49.6 Å². The number of carbonyl (C=O) groups excluding carboxylic acids is 1. The van der Waals surface area contributed by atoms with E-state index in [0.717, 1.165) is 5.56 Å². The molecule has 2 aromatic rings. The van der Waals surface area contributed by atoms with Crippen molar-refractivity contribution in [2.45, 2.75) is 30.7 Å². The Morgan fingerprint density at radius 1 is 1.14 bits per heavy atom. The third-order valence-electron chi connectivity index (χ3n) is 4.91. The topological polar surface area (TPSA) is 84.9 Å². The van der Waals surface area contributed by atoms with Crippen LogP contribution in [0.4, 0.5) is 5.69 Å². The Hall–Kier alpha value is -2.29. The van der Waals surface area contributed by atoms with Gasteiger partial charge in [-0.1, -0.05) is 17.7 Å². The van der Waals surface area contributed by atoms with E-state index in [1.54, 1.807) is 18.2 Å². The maximum absolute atomic E-state index is 13.2. The number of rotatable bonds is 6. The van der Waals surface area contributed by atoms with E-state index in [9.17, 15) is 13.2 Å². The number of nitrogens with one attached hydrogen (secondary N) is 1. The lowest BCUT2D eigenvalue weighted by Gasteiger charge is -2.24. The van der Waals surface area contributed by atoms with E-state index >= 15 is 0 Å². The molecule has 2 aromatic carbocycles. The van der Waals surface area contributed by atoms with Crippen LogP contribution < -0.4 is 14.8 Å². The standard InChI is InChI=1S/C20H23ClN2O5S/c1-13-6-7-14(11-16(13)21)22-20(24)17-5-4-10-23(17)29(25,26)15-8-9-18(27-2)19(12-15)28-3/h6-9,11-12,17H,4-5,10H2,1-3H3,(H,22,24). The van der Waals surface area contributed by atoms with Crippen molar-refractivity contribution in [1.29, 1.82) is 0 Å². The first-order chi connectivity index (χ1) is 13.8. The molecular weight excluding hydrogens is 416 g/mol. The van der Waals surface area contributed by atoms with Gasteiger partial charge in [0.25, 0.3) is 0 Å². The highest BCUT2D eigenvalue weighted by Crippen LogP contribution is 2.33. The number of halogens is 1. The average Bonchev–Trinajstić information content (AvgIpc) is 3.21. The molecule has 156 valence electrons. The first-order valence-corrected chi connectivity index (χ1v) is 10.9. The van der Waals surface area contributed by atoms with Crippen LogP contribution in [-0.4, -0.2) is 45.4 Å². The Bertz CT molecular complexity index is 1030. The number of hydrogen-bond donors (Lipinski definition) is 1. The third-order valence-corrected chi connectivity index (χ3v) is 7.22. The molecule has 29 heavy (non-hydrogen) atoms. The highest BCUT2D eigenvalue weighted by molar-refractivity contribution is 7.89. The Morgan fingerprint density at radius 2 is 1.86 bits per heavy atom. The summed E-state index contributed by atoms with van der Waals surface area (Å²) >= 11 is 6.11. The molecule has 0 bridgehead atoms. The lowest BCUT2D eigenvalue weighted by atomic mass is 10.2. The van der Waals surface area contributed by atoms with Crippen LogP contribution in [0.25, 0.3) is 0 Å². The van der Waals surface area contributed by atoms with E-state index in [-0.39, 0.29) is 17.3 Å². The molecule has 0 spiro atoms. The molecule has 1 fully saturated rings. The lowest BCUT2D eigenvalue weighted by Crippen LogP contribution is -2.43. The molecule has 0 radical (unpaired) electrons. The second-order valence-corrected chi connectivity index (χ2v) is 9.04. The number of methoxy groups -OCH3 is 2. The normalized spacial score (nSPS) is 17.2. The summed E-state index contributed by atoms with van der Waals surface area (Å²) in [5, 5.41) is 3.30. The maximum Gasteiger partial charge on any atom is 0.243 e. The number of anilines is 1. The van der Waals surface area contributed by atoms with Crippen LogP contribution in [0.15, 0.2) is 41.3 Å². The minimum absolute atomic E-state index is 0.0493. The Morgan fingerprint density at radius 3 is 2.52 bits per heavy atom. The monoisotopic (exact) mass is 438 g/mol. The van der Waals surface area contributed by atoms with E-state index in [4.69, 9.17) is 21.1 Å². The van der Waals surface area contributed by atoms with Gasteiger partial charge in [0.15, 0.2) is 11.5 Å². The number of aryl methyl sites for hydroxylation is 1. The fourth-order valence-electron chi connectivity index (χ4n) is 3.30. The van der Waals surface area contributed by atoms with Crippen molar-refractivity contribution in [1.82, 2.24) is 4.31 Å². The molecule has 1 aliphatic rings. The van der Waals surface area contributed by atoms with E-state index in [2.05, 4.69) is 5.32 Å². The zero-order valence-corrected chi connectivity index (χ0v) is 18.0. The van der Waals surface area contributed by atoms with Crippen LogP contribution in [0, 0.1) is 6.92 Å². The van der Waals surface area contributed by atoms with Crippen LogP contribution in [-0.2, 0) is 14.8 Å². The SMILES string of the molecule is COc1ccc(S(=O)(=O)N2CCCC2C(=O)Nc2ccc(C)c(Cl)c2)cc1OC. The lowest BCUT2D eigenvalue weighted by molar-refractivity contribution is -0.119. The van der Waals surface area contributed by atoms with Gasteiger partial charge in [0.1, 0.15) is 6.04 Å². The number of carbonyl (C=O) groups is 1. The fourth-order valence-corrected chi connectivity index (χ4v) is 5.15. The molecule has 9 heteroatoms. The quantitative estimate of drug-likeness (QED) is 0.746. The van der Waals surface area contributed by atoms with Gasteiger partial charge in [-0.25, -0.2) is 8.42 Å². The molecule has 1 heterocycles. The molecule has 1 saturated heterocycles. The molecule has 0 aliphatic carbocycles. The zero-order valence-electron chi connectivity index (χ0n) is 16.4. The molecule has 1 amide bonds. The minimum atomic E-state index is -3.89. The molecule has 1 unspecified atom stereocenters. The summed E-state index contributed by atoms with van der Waals surface area (Å²) in [4.78, 5) is 12.9. The Kier molecular flexibility index (Phi) is 6.36. The van der Waals surface area contributed by atoms with Crippen LogP contribution >= 0.6 is 11.6 Å². The van der Waals surface area contributed by atoms with Crippen LogP contribution in [0.5, 0.6) is 11.5 Å². The second-order valence-electron chi connectivity index (χ2n) is 6.74. The fraction of sp³-hybridized carbons (Fsp3) is 0.350. The summed E-state index contributed by atoms with van der Waals surface area (Å²) in [6.45, 7) is 2.13. The average molecular weight is 439 g/mol. The number of benzene rings is 2. The minimum Gasteiger partial charge on any atom is -0.493 e. The Balaban J connectivity index is 1.85. The molecule has 0 saturated carbocycles. The van der Waals surface area contributed by atoms with E-state index < -0.39 is 16.1 Å². The van der Waals surface area contributed by atoms with Crippen LogP contribution in [0.3, 0.4) is 0 Å². The smallest absolute Gasteiger partial charge is 0.243 e.